The van der Waals surface area contributed by atoms with Gasteiger partial charge in [-0.3, -0.25) is 0 Å². The van der Waals surface area contributed by atoms with E-state index in [1.165, 1.54) is 0 Å². The Balaban J connectivity index is 1.96. The topological polar surface area (TPSA) is 40.5 Å². The second kappa shape index (κ2) is 6.66. The van der Waals surface area contributed by atoms with Crippen molar-refractivity contribution in [2.75, 3.05) is 0 Å². The zero-order valence-corrected chi connectivity index (χ0v) is 14.3. The van der Waals surface area contributed by atoms with Crippen LogP contribution in [0.2, 0.25) is 0 Å². The molecule has 0 saturated heterocycles. The molecule has 1 aliphatic rings. The normalized spacial score (nSPS) is 22.4. The molecule has 0 heterocycles. The highest BCUT2D eigenvalue weighted by atomic mass is 16.3. The number of benzene rings is 3. The average Bonchev–Trinajstić information content (AvgIpc) is 2.71. The minimum Gasteiger partial charge on any atom is -0.508 e. The maximum atomic E-state index is 11.8. The lowest BCUT2D eigenvalue weighted by atomic mass is 9.69. The lowest BCUT2D eigenvalue weighted by Crippen LogP contribution is -2.34. The first-order chi connectivity index (χ1) is 12.7. The van der Waals surface area contributed by atoms with E-state index >= 15 is 0 Å². The minimum atomic E-state index is -1.25. The fourth-order valence-electron chi connectivity index (χ4n) is 3.73. The molecule has 0 spiro atoms. The van der Waals surface area contributed by atoms with E-state index in [1.54, 1.807) is 12.2 Å². The van der Waals surface area contributed by atoms with Crippen molar-refractivity contribution >= 4 is 5.57 Å². The van der Waals surface area contributed by atoms with Crippen LogP contribution in [0.3, 0.4) is 0 Å². The first-order valence-electron chi connectivity index (χ1n) is 8.71. The van der Waals surface area contributed by atoms with E-state index < -0.39 is 11.5 Å². The van der Waals surface area contributed by atoms with Crippen molar-refractivity contribution in [1.29, 1.82) is 0 Å². The Morgan fingerprint density at radius 3 is 1.85 bits per heavy atom. The van der Waals surface area contributed by atoms with Crippen LogP contribution >= 0.6 is 0 Å². The van der Waals surface area contributed by atoms with Crippen LogP contribution in [0.4, 0.5) is 0 Å². The van der Waals surface area contributed by atoms with Gasteiger partial charge in [0.15, 0.2) is 0 Å². The number of aliphatic hydroxyl groups excluding tert-OH is 1. The maximum Gasteiger partial charge on any atom is 0.119 e. The monoisotopic (exact) mass is 340 g/mol. The molecule has 0 amide bonds. The highest BCUT2D eigenvalue weighted by Gasteiger charge is 2.43. The highest BCUT2D eigenvalue weighted by molar-refractivity contribution is 5.78. The number of hydrogen-bond acceptors (Lipinski definition) is 2. The summed E-state index contributed by atoms with van der Waals surface area (Å²) in [6.07, 6.45) is 3.30. The highest BCUT2D eigenvalue weighted by Crippen LogP contribution is 2.50. The zero-order valence-electron chi connectivity index (χ0n) is 14.3. The molecule has 2 atom stereocenters. The lowest BCUT2D eigenvalue weighted by molar-refractivity contribution is 0.0734. The van der Waals surface area contributed by atoms with Gasteiger partial charge in [-0.25, -0.2) is 0 Å². The van der Waals surface area contributed by atoms with E-state index in [9.17, 15) is 10.2 Å². The van der Waals surface area contributed by atoms with Crippen molar-refractivity contribution < 1.29 is 10.2 Å². The molecule has 26 heavy (non-hydrogen) atoms. The summed E-state index contributed by atoms with van der Waals surface area (Å²) in [5, 5.41) is 22.5. The summed E-state index contributed by atoms with van der Waals surface area (Å²) in [7, 11) is 0. The molecule has 3 aromatic rings. The van der Waals surface area contributed by atoms with Gasteiger partial charge in [-0.15, -0.1) is 0 Å². The van der Waals surface area contributed by atoms with Crippen LogP contribution < -0.4 is 0 Å². The second-order valence-electron chi connectivity index (χ2n) is 6.53. The van der Waals surface area contributed by atoms with Crippen LogP contribution in [0.25, 0.3) is 5.57 Å². The predicted molar refractivity (Wildman–Crippen MR) is 105 cm³/mol. The Morgan fingerprint density at radius 1 is 0.692 bits per heavy atom. The molecule has 2 nitrogen and oxygen atoms in total. The summed E-state index contributed by atoms with van der Waals surface area (Å²) >= 11 is 0. The molecule has 128 valence electrons. The summed E-state index contributed by atoms with van der Waals surface area (Å²) in [5.74, 6) is -0.232. The SMILES string of the molecule is OC1=C(c2ccccc2)C(c2ccccc2)C(O)(c2ccccc2)C=C1. The van der Waals surface area contributed by atoms with Crippen molar-refractivity contribution in [3.8, 4) is 0 Å². The molecule has 4 rings (SSSR count). The summed E-state index contributed by atoms with van der Waals surface area (Å²) in [5.41, 5.74) is 2.13. The van der Waals surface area contributed by atoms with E-state index in [0.717, 1.165) is 22.3 Å². The van der Waals surface area contributed by atoms with Gasteiger partial charge in [0.2, 0.25) is 0 Å². The lowest BCUT2D eigenvalue weighted by Gasteiger charge is -2.39. The van der Waals surface area contributed by atoms with Crippen LogP contribution in [0.15, 0.2) is 109 Å². The van der Waals surface area contributed by atoms with Crippen LogP contribution in [0.5, 0.6) is 0 Å². The van der Waals surface area contributed by atoms with Gasteiger partial charge >= 0.3 is 0 Å². The van der Waals surface area contributed by atoms with Crippen LogP contribution in [-0.2, 0) is 5.60 Å². The number of aliphatic hydroxyl groups is 2. The Hall–Kier alpha value is -3.10. The molecule has 2 unspecified atom stereocenters. The minimum absolute atomic E-state index is 0.186. The molecule has 2 heteroatoms. The summed E-state index contributed by atoms with van der Waals surface area (Å²) in [6, 6.07) is 29.2. The second-order valence-corrected chi connectivity index (χ2v) is 6.53. The van der Waals surface area contributed by atoms with Crippen molar-refractivity contribution in [2.24, 2.45) is 0 Å². The molecule has 1 aliphatic carbocycles. The van der Waals surface area contributed by atoms with E-state index in [0.29, 0.717) is 0 Å². The van der Waals surface area contributed by atoms with Gasteiger partial charge in [0.05, 0.1) is 0 Å². The van der Waals surface area contributed by atoms with Gasteiger partial charge in [0.1, 0.15) is 11.4 Å². The molecule has 0 saturated carbocycles. The molecule has 0 bridgehead atoms. The molecular weight excluding hydrogens is 320 g/mol. The fourth-order valence-corrected chi connectivity index (χ4v) is 3.73. The number of rotatable bonds is 3. The summed E-state index contributed by atoms with van der Waals surface area (Å²) in [4.78, 5) is 0. The van der Waals surface area contributed by atoms with Gasteiger partial charge < -0.3 is 10.2 Å². The van der Waals surface area contributed by atoms with Gasteiger partial charge in [0, 0.05) is 11.5 Å². The standard InChI is InChI=1S/C24H20O2/c25-21-16-17-24(26,20-14-8-3-9-15-20)23(19-12-6-2-7-13-19)22(21)18-10-4-1-5-11-18/h1-17,23,25-26H. The Labute approximate surface area is 153 Å². The van der Waals surface area contributed by atoms with Crippen molar-refractivity contribution in [1.82, 2.24) is 0 Å². The Kier molecular flexibility index (Phi) is 4.19. The van der Waals surface area contributed by atoms with Crippen molar-refractivity contribution in [3.63, 3.8) is 0 Å². The third-order valence-electron chi connectivity index (χ3n) is 4.95. The van der Waals surface area contributed by atoms with Crippen molar-refractivity contribution in [3.05, 3.63) is 126 Å². The molecule has 0 aliphatic heterocycles. The van der Waals surface area contributed by atoms with Crippen LogP contribution in [0, 0.1) is 0 Å². The van der Waals surface area contributed by atoms with Crippen LogP contribution in [0.1, 0.15) is 22.6 Å². The Morgan fingerprint density at radius 2 is 1.23 bits per heavy atom. The molecule has 0 fully saturated rings. The fraction of sp³-hybridized carbons (Fsp3) is 0.0833. The largest absolute Gasteiger partial charge is 0.508 e. The molecule has 2 N–H and O–H groups in total. The van der Waals surface area contributed by atoms with E-state index in [-0.39, 0.29) is 5.76 Å². The molecule has 3 aromatic carbocycles. The molecular formula is C24H20O2. The van der Waals surface area contributed by atoms with E-state index in [1.807, 2.05) is 91.0 Å². The maximum absolute atomic E-state index is 11.8. The number of hydrogen-bond donors (Lipinski definition) is 2. The summed E-state index contributed by atoms with van der Waals surface area (Å²) in [6.45, 7) is 0. The van der Waals surface area contributed by atoms with Gasteiger partial charge in [-0.2, -0.15) is 0 Å². The van der Waals surface area contributed by atoms with Crippen molar-refractivity contribution in [2.45, 2.75) is 11.5 Å². The predicted octanol–water partition coefficient (Wildman–Crippen LogP) is 5.20. The average molecular weight is 340 g/mol. The summed E-state index contributed by atoms with van der Waals surface area (Å²) < 4.78 is 0. The van der Waals surface area contributed by atoms with E-state index in [2.05, 4.69) is 0 Å². The Bertz CT molecular complexity index is 943. The first kappa shape index (κ1) is 16.4. The molecule has 0 aromatic heterocycles. The first-order valence-corrected chi connectivity index (χ1v) is 8.71. The quantitative estimate of drug-likeness (QED) is 0.688. The number of allylic oxidation sites excluding steroid dienone is 1. The smallest absolute Gasteiger partial charge is 0.119 e. The third kappa shape index (κ3) is 2.75. The molecule has 0 radical (unpaired) electrons. The van der Waals surface area contributed by atoms with Crippen LogP contribution in [-0.4, -0.2) is 10.2 Å². The van der Waals surface area contributed by atoms with E-state index in [4.69, 9.17) is 0 Å². The van der Waals surface area contributed by atoms with Gasteiger partial charge in [-0.1, -0.05) is 91.0 Å². The third-order valence-corrected chi connectivity index (χ3v) is 4.95. The van der Waals surface area contributed by atoms with Gasteiger partial charge in [0.25, 0.3) is 0 Å². The zero-order chi connectivity index (χ0) is 18.0. The van der Waals surface area contributed by atoms with Gasteiger partial charge in [-0.05, 0) is 28.8 Å².